The van der Waals surface area contributed by atoms with Crippen LogP contribution in [0.2, 0.25) is 0 Å². The van der Waals surface area contributed by atoms with Gasteiger partial charge in [0.15, 0.2) is 0 Å². The molecule has 0 N–H and O–H groups in total. The number of rotatable bonds is 2. The molecule has 100 valence electrons. The fraction of sp³-hybridized carbons (Fsp3) is 0.933. The Labute approximate surface area is 118 Å². The smallest absolute Gasteiger partial charge is 0.226 e. The highest BCUT2D eigenvalue weighted by Crippen LogP contribution is 2.69. The maximum atomic E-state index is 12.8. The lowest BCUT2D eigenvalue weighted by atomic mass is 9.98. The minimum absolute atomic E-state index is 0.441. The van der Waals surface area contributed by atoms with Gasteiger partial charge in [-0.2, -0.15) is 0 Å². The highest BCUT2D eigenvalue weighted by atomic mass is 79.9. The van der Waals surface area contributed by atoms with E-state index < -0.39 is 0 Å². The fourth-order valence-corrected chi connectivity index (χ4v) is 5.97. The van der Waals surface area contributed by atoms with Crippen LogP contribution in [0.3, 0.4) is 0 Å². The lowest BCUT2D eigenvalue weighted by molar-refractivity contribution is -0.136. The SMILES string of the molecule is O=C(C1C2C3CCC(C3)C12)N1CCCCC1CBr. The second-order valence-electron chi connectivity index (χ2n) is 6.85. The van der Waals surface area contributed by atoms with Crippen LogP contribution in [0.15, 0.2) is 0 Å². The number of fused-ring (bicyclic) bond motifs is 5. The molecule has 1 aliphatic heterocycles. The minimum atomic E-state index is 0.441. The highest BCUT2D eigenvalue weighted by molar-refractivity contribution is 9.09. The second-order valence-corrected chi connectivity index (χ2v) is 7.50. The van der Waals surface area contributed by atoms with Crippen molar-refractivity contribution < 1.29 is 4.79 Å². The zero-order valence-electron chi connectivity index (χ0n) is 10.9. The molecule has 0 aromatic heterocycles. The molecule has 0 spiro atoms. The van der Waals surface area contributed by atoms with E-state index in [4.69, 9.17) is 0 Å². The van der Waals surface area contributed by atoms with E-state index in [0.29, 0.717) is 17.9 Å². The van der Waals surface area contributed by atoms with Gasteiger partial charge < -0.3 is 4.90 Å². The number of likely N-dealkylation sites (tertiary alicyclic amines) is 1. The summed E-state index contributed by atoms with van der Waals surface area (Å²) in [5, 5.41) is 0.966. The highest BCUT2D eigenvalue weighted by Gasteiger charge is 2.68. The summed E-state index contributed by atoms with van der Waals surface area (Å²) in [7, 11) is 0. The molecule has 4 aliphatic rings. The monoisotopic (exact) mass is 311 g/mol. The van der Waals surface area contributed by atoms with Crippen molar-refractivity contribution in [1.29, 1.82) is 0 Å². The second kappa shape index (κ2) is 4.22. The molecule has 0 aromatic carbocycles. The average molecular weight is 312 g/mol. The Balaban J connectivity index is 1.48. The van der Waals surface area contributed by atoms with Gasteiger partial charge >= 0.3 is 0 Å². The Morgan fingerprint density at radius 2 is 1.83 bits per heavy atom. The van der Waals surface area contributed by atoms with Crippen molar-refractivity contribution >= 4 is 21.8 Å². The Hall–Kier alpha value is -0.0500. The topological polar surface area (TPSA) is 20.3 Å². The van der Waals surface area contributed by atoms with Crippen molar-refractivity contribution in [3.05, 3.63) is 0 Å². The van der Waals surface area contributed by atoms with E-state index in [2.05, 4.69) is 20.8 Å². The maximum absolute atomic E-state index is 12.8. The van der Waals surface area contributed by atoms with Gasteiger partial charge in [-0.05, 0) is 62.2 Å². The lowest BCUT2D eigenvalue weighted by Gasteiger charge is -2.35. The zero-order chi connectivity index (χ0) is 12.3. The third kappa shape index (κ3) is 1.55. The number of hydrogen-bond acceptors (Lipinski definition) is 1. The largest absolute Gasteiger partial charge is 0.339 e. The number of piperidine rings is 1. The van der Waals surface area contributed by atoms with Crippen LogP contribution in [0, 0.1) is 29.6 Å². The van der Waals surface area contributed by atoms with Gasteiger partial charge in [-0.15, -0.1) is 0 Å². The first-order valence-electron chi connectivity index (χ1n) is 7.67. The predicted molar refractivity (Wildman–Crippen MR) is 74.4 cm³/mol. The summed E-state index contributed by atoms with van der Waals surface area (Å²) in [5.41, 5.74) is 0. The summed E-state index contributed by atoms with van der Waals surface area (Å²) < 4.78 is 0. The molecule has 0 aromatic rings. The van der Waals surface area contributed by atoms with Gasteiger partial charge in [0.2, 0.25) is 5.91 Å². The first-order valence-corrected chi connectivity index (χ1v) is 8.80. The zero-order valence-corrected chi connectivity index (χ0v) is 12.4. The summed E-state index contributed by atoms with van der Waals surface area (Å²) in [4.78, 5) is 15.0. The van der Waals surface area contributed by atoms with Crippen molar-refractivity contribution in [2.75, 3.05) is 11.9 Å². The predicted octanol–water partition coefficient (Wildman–Crippen LogP) is 3.05. The molecule has 5 unspecified atom stereocenters. The van der Waals surface area contributed by atoms with E-state index in [1.165, 1.54) is 38.5 Å². The van der Waals surface area contributed by atoms with E-state index in [1.54, 1.807) is 0 Å². The minimum Gasteiger partial charge on any atom is -0.339 e. The number of nitrogens with zero attached hydrogens (tertiary/aromatic N) is 1. The van der Waals surface area contributed by atoms with Crippen LogP contribution in [0.1, 0.15) is 38.5 Å². The number of hydrogen-bond donors (Lipinski definition) is 0. The summed E-state index contributed by atoms with van der Waals surface area (Å²) >= 11 is 3.59. The molecular formula is C15H22BrNO. The van der Waals surface area contributed by atoms with E-state index in [1.807, 2.05) is 0 Å². The average Bonchev–Trinajstić information content (AvgIpc) is 2.85. The third-order valence-electron chi connectivity index (χ3n) is 6.11. The molecule has 1 amide bonds. The Morgan fingerprint density at radius 3 is 2.50 bits per heavy atom. The normalized spacial score (nSPS) is 49.3. The molecule has 1 saturated heterocycles. The van der Waals surface area contributed by atoms with Crippen LogP contribution in [0.4, 0.5) is 0 Å². The van der Waals surface area contributed by atoms with Crippen molar-refractivity contribution in [3.63, 3.8) is 0 Å². The standard InChI is InChI=1S/C15H22BrNO/c16-8-11-3-1-2-6-17(11)15(18)14-12-9-4-5-10(7-9)13(12)14/h9-14H,1-8H2. The van der Waals surface area contributed by atoms with Gasteiger partial charge in [0.1, 0.15) is 0 Å². The van der Waals surface area contributed by atoms with Gasteiger partial charge in [0, 0.05) is 23.8 Å². The van der Waals surface area contributed by atoms with Crippen molar-refractivity contribution in [1.82, 2.24) is 4.90 Å². The third-order valence-corrected chi connectivity index (χ3v) is 6.86. The number of amides is 1. The van der Waals surface area contributed by atoms with Crippen molar-refractivity contribution in [3.8, 4) is 0 Å². The molecular weight excluding hydrogens is 290 g/mol. The molecule has 4 rings (SSSR count). The molecule has 1 heterocycles. The fourth-order valence-electron chi connectivity index (χ4n) is 5.30. The molecule has 3 saturated carbocycles. The van der Waals surface area contributed by atoms with E-state index in [-0.39, 0.29) is 0 Å². The van der Waals surface area contributed by atoms with Crippen LogP contribution in [-0.2, 0) is 4.79 Å². The van der Waals surface area contributed by atoms with Crippen LogP contribution < -0.4 is 0 Å². The quantitative estimate of drug-likeness (QED) is 0.718. The Bertz CT molecular complexity index is 356. The van der Waals surface area contributed by atoms with Crippen molar-refractivity contribution in [2.24, 2.45) is 29.6 Å². The first kappa shape index (κ1) is 11.7. The number of carbonyl (C=O) groups is 1. The van der Waals surface area contributed by atoms with E-state index in [9.17, 15) is 4.79 Å². The van der Waals surface area contributed by atoms with Crippen LogP contribution in [-0.4, -0.2) is 28.7 Å². The number of alkyl halides is 1. The number of halogens is 1. The van der Waals surface area contributed by atoms with Gasteiger partial charge in [-0.3, -0.25) is 4.79 Å². The van der Waals surface area contributed by atoms with Crippen LogP contribution in [0.5, 0.6) is 0 Å². The lowest BCUT2D eigenvalue weighted by Crippen LogP contribution is -2.46. The Morgan fingerprint density at radius 1 is 1.11 bits per heavy atom. The molecule has 18 heavy (non-hydrogen) atoms. The molecule has 4 fully saturated rings. The molecule has 5 atom stereocenters. The van der Waals surface area contributed by atoms with Gasteiger partial charge in [-0.25, -0.2) is 0 Å². The van der Waals surface area contributed by atoms with Crippen LogP contribution >= 0.6 is 15.9 Å². The summed E-state index contributed by atoms with van der Waals surface area (Å²) in [6, 6.07) is 0.477. The molecule has 3 aliphatic carbocycles. The van der Waals surface area contributed by atoms with Crippen LogP contribution in [0.25, 0.3) is 0 Å². The Kier molecular flexibility index (Phi) is 2.76. The van der Waals surface area contributed by atoms with E-state index in [0.717, 1.165) is 35.5 Å². The summed E-state index contributed by atoms with van der Waals surface area (Å²) in [6.45, 7) is 1.01. The van der Waals surface area contributed by atoms with Gasteiger partial charge in [0.25, 0.3) is 0 Å². The molecule has 2 bridgehead atoms. The van der Waals surface area contributed by atoms with Gasteiger partial charge in [0.05, 0.1) is 0 Å². The van der Waals surface area contributed by atoms with E-state index >= 15 is 0 Å². The first-order chi connectivity index (χ1) is 8.81. The summed E-state index contributed by atoms with van der Waals surface area (Å²) in [5.74, 6) is 4.40. The number of carbonyl (C=O) groups excluding carboxylic acids is 1. The summed E-state index contributed by atoms with van der Waals surface area (Å²) in [6.07, 6.45) is 7.98. The van der Waals surface area contributed by atoms with Gasteiger partial charge in [-0.1, -0.05) is 15.9 Å². The molecule has 2 nitrogen and oxygen atoms in total. The molecule has 0 radical (unpaired) electrons. The van der Waals surface area contributed by atoms with Crippen molar-refractivity contribution in [2.45, 2.75) is 44.6 Å². The maximum Gasteiger partial charge on any atom is 0.226 e. The molecule has 3 heteroatoms.